The molecule has 1 aromatic carbocycles. The van der Waals surface area contributed by atoms with Crippen LogP contribution in [0.5, 0.6) is 0 Å². The maximum atomic E-state index is 4.22. The second-order valence-electron chi connectivity index (χ2n) is 4.32. The minimum atomic E-state index is 0.152. The molecule has 3 rings (SSSR count). The predicted molar refractivity (Wildman–Crippen MR) is 77.6 cm³/mol. The van der Waals surface area contributed by atoms with Crippen LogP contribution in [0.2, 0.25) is 0 Å². The van der Waals surface area contributed by atoms with Gasteiger partial charge in [-0.2, -0.15) is 0 Å². The van der Waals surface area contributed by atoms with Crippen LogP contribution >= 0.6 is 0 Å². The minimum Gasteiger partial charge on any atom is -0.361 e. The average molecular weight is 234 g/mol. The van der Waals surface area contributed by atoms with E-state index >= 15 is 0 Å². The zero-order valence-electron chi connectivity index (χ0n) is 10.0. The summed E-state index contributed by atoms with van der Waals surface area (Å²) < 4.78 is 0. The van der Waals surface area contributed by atoms with E-state index in [0.29, 0.717) is 0 Å². The highest BCUT2D eigenvalue weighted by Crippen LogP contribution is 2.29. The van der Waals surface area contributed by atoms with E-state index in [0.717, 1.165) is 16.7 Å². The number of rotatable bonds is 2. The zero-order chi connectivity index (χ0) is 12.4. The molecule has 0 aliphatic carbocycles. The summed E-state index contributed by atoms with van der Waals surface area (Å²) in [5.41, 5.74) is 3.37. The third kappa shape index (κ3) is 1.82. The first-order chi connectivity index (χ1) is 8.86. The third-order valence-electron chi connectivity index (χ3n) is 3.19. The summed E-state index contributed by atoms with van der Waals surface area (Å²) in [6.07, 6.45) is 11.8. The summed E-state index contributed by atoms with van der Waals surface area (Å²) in [5, 5.41) is 1.21. The maximum Gasteiger partial charge on any atom is 0.0460 e. The first kappa shape index (κ1) is 10.8. The Kier molecular flexibility index (Phi) is 2.69. The van der Waals surface area contributed by atoms with Crippen LogP contribution in [0.15, 0.2) is 66.5 Å². The van der Waals surface area contributed by atoms with Crippen molar-refractivity contribution in [3.8, 4) is 0 Å². The van der Waals surface area contributed by atoms with Crippen LogP contribution in [-0.4, -0.2) is 11.2 Å². The molecule has 2 nitrogen and oxygen atoms in total. The van der Waals surface area contributed by atoms with Gasteiger partial charge in [0.2, 0.25) is 0 Å². The number of allylic oxidation sites excluding steroid dienone is 4. The molecule has 0 saturated heterocycles. The van der Waals surface area contributed by atoms with Gasteiger partial charge in [0.1, 0.15) is 0 Å². The number of aliphatic imine (C=N–C) groups is 1. The average Bonchev–Trinajstić information content (AvgIpc) is 2.65. The lowest BCUT2D eigenvalue weighted by atomic mass is 9.94. The second kappa shape index (κ2) is 4.49. The van der Waals surface area contributed by atoms with E-state index in [1.807, 2.05) is 36.7 Å². The first-order valence-electron chi connectivity index (χ1n) is 5.98. The Morgan fingerprint density at radius 3 is 3.06 bits per heavy atom. The van der Waals surface area contributed by atoms with E-state index in [4.69, 9.17) is 0 Å². The molecule has 1 unspecified atom stereocenters. The molecule has 1 atom stereocenters. The predicted octanol–water partition coefficient (Wildman–Crippen LogP) is 3.95. The number of para-hydroxylation sites is 1. The molecule has 88 valence electrons. The van der Waals surface area contributed by atoms with E-state index in [1.54, 1.807) is 6.20 Å². The molecule has 2 heteroatoms. The summed E-state index contributed by atoms with van der Waals surface area (Å²) in [6.45, 7) is 4.22. The van der Waals surface area contributed by atoms with E-state index in [1.165, 1.54) is 5.39 Å². The molecule has 0 amide bonds. The Balaban J connectivity index is 2.02. The molecule has 2 aromatic rings. The van der Waals surface area contributed by atoms with Crippen molar-refractivity contribution in [1.82, 2.24) is 4.98 Å². The molecule has 18 heavy (non-hydrogen) atoms. The van der Waals surface area contributed by atoms with Gasteiger partial charge in [-0.05, 0) is 17.7 Å². The van der Waals surface area contributed by atoms with Crippen molar-refractivity contribution in [1.29, 1.82) is 0 Å². The van der Waals surface area contributed by atoms with Gasteiger partial charge in [-0.15, -0.1) is 0 Å². The van der Waals surface area contributed by atoms with Crippen molar-refractivity contribution in [3.05, 3.63) is 67.0 Å². The number of nitrogens with one attached hydrogen (secondary N) is 1. The molecule has 0 bridgehead atoms. The number of aromatic nitrogens is 1. The highest BCUT2D eigenvalue weighted by Gasteiger charge is 2.13. The summed E-state index contributed by atoms with van der Waals surface area (Å²) in [7, 11) is 0. The third-order valence-corrected chi connectivity index (χ3v) is 3.19. The SMILES string of the molecule is C=C(c1c[nH]c2ccccc12)C1C=CC=CN=C1. The number of aromatic amines is 1. The molecule has 0 saturated carbocycles. The number of nitrogens with zero attached hydrogens (tertiary/aromatic N) is 1. The molecule has 1 aromatic heterocycles. The smallest absolute Gasteiger partial charge is 0.0460 e. The topological polar surface area (TPSA) is 28.1 Å². The van der Waals surface area contributed by atoms with Gasteiger partial charge in [0.05, 0.1) is 0 Å². The lowest BCUT2D eigenvalue weighted by Crippen LogP contribution is -1.99. The lowest BCUT2D eigenvalue weighted by molar-refractivity contribution is 1.20. The van der Waals surface area contributed by atoms with Gasteiger partial charge >= 0.3 is 0 Å². The fourth-order valence-electron chi connectivity index (χ4n) is 2.20. The highest BCUT2D eigenvalue weighted by molar-refractivity contribution is 5.96. The zero-order valence-corrected chi connectivity index (χ0v) is 10.0. The van der Waals surface area contributed by atoms with Gasteiger partial charge in [0.15, 0.2) is 0 Å². The van der Waals surface area contributed by atoms with Crippen LogP contribution in [-0.2, 0) is 0 Å². The Labute approximate surface area is 106 Å². The normalized spacial score (nSPS) is 18.1. The molecule has 1 N–H and O–H groups in total. The molecular formula is C16H14N2. The van der Waals surface area contributed by atoms with Gasteiger partial charge in [0.25, 0.3) is 0 Å². The van der Waals surface area contributed by atoms with Gasteiger partial charge in [0, 0.05) is 41.0 Å². The van der Waals surface area contributed by atoms with Gasteiger partial charge < -0.3 is 4.98 Å². The minimum absolute atomic E-state index is 0.152. The van der Waals surface area contributed by atoms with Gasteiger partial charge in [-0.1, -0.05) is 36.9 Å². The molecular weight excluding hydrogens is 220 g/mol. The van der Waals surface area contributed by atoms with Crippen molar-refractivity contribution >= 4 is 22.7 Å². The molecule has 2 heterocycles. The van der Waals surface area contributed by atoms with Gasteiger partial charge in [-0.3, -0.25) is 4.99 Å². The number of hydrogen-bond donors (Lipinski definition) is 1. The van der Waals surface area contributed by atoms with Crippen molar-refractivity contribution in [2.24, 2.45) is 10.9 Å². The van der Waals surface area contributed by atoms with Crippen LogP contribution in [0.4, 0.5) is 0 Å². The van der Waals surface area contributed by atoms with Crippen molar-refractivity contribution in [2.45, 2.75) is 0 Å². The van der Waals surface area contributed by atoms with Gasteiger partial charge in [-0.25, -0.2) is 0 Å². The molecule has 1 aliphatic rings. The fourth-order valence-corrected chi connectivity index (χ4v) is 2.20. The van der Waals surface area contributed by atoms with Crippen LogP contribution in [0.3, 0.4) is 0 Å². The Morgan fingerprint density at radius 1 is 1.22 bits per heavy atom. The molecule has 0 fully saturated rings. The van der Waals surface area contributed by atoms with E-state index in [-0.39, 0.29) is 5.92 Å². The summed E-state index contributed by atoms with van der Waals surface area (Å²) >= 11 is 0. The van der Waals surface area contributed by atoms with Crippen LogP contribution in [0, 0.1) is 5.92 Å². The van der Waals surface area contributed by atoms with E-state index < -0.39 is 0 Å². The van der Waals surface area contributed by atoms with Crippen LogP contribution in [0.25, 0.3) is 16.5 Å². The largest absolute Gasteiger partial charge is 0.361 e. The summed E-state index contributed by atoms with van der Waals surface area (Å²) in [4.78, 5) is 7.50. The summed E-state index contributed by atoms with van der Waals surface area (Å²) in [6, 6.07) is 8.26. The molecule has 1 aliphatic heterocycles. The Bertz CT molecular complexity index is 655. The number of fused-ring (bicyclic) bond motifs is 1. The fraction of sp³-hybridized carbons (Fsp3) is 0.0625. The lowest BCUT2D eigenvalue weighted by Gasteiger charge is -2.09. The Morgan fingerprint density at radius 2 is 2.11 bits per heavy atom. The summed E-state index contributed by atoms with van der Waals surface area (Å²) in [5.74, 6) is 0.152. The van der Waals surface area contributed by atoms with Crippen molar-refractivity contribution in [3.63, 3.8) is 0 Å². The standard InChI is InChI=1S/C16H14N2/c1-12(13-6-4-5-9-17-10-13)15-11-18-16-8-3-2-7-14(15)16/h2-11,13,18H,1H2. The monoisotopic (exact) mass is 234 g/mol. The molecule has 0 radical (unpaired) electrons. The first-order valence-corrected chi connectivity index (χ1v) is 5.98. The Hall–Kier alpha value is -2.35. The maximum absolute atomic E-state index is 4.22. The van der Waals surface area contributed by atoms with Crippen LogP contribution in [0.1, 0.15) is 5.56 Å². The number of H-pyrrole nitrogens is 1. The van der Waals surface area contributed by atoms with E-state index in [9.17, 15) is 0 Å². The van der Waals surface area contributed by atoms with Crippen molar-refractivity contribution in [2.75, 3.05) is 0 Å². The molecule has 0 spiro atoms. The van der Waals surface area contributed by atoms with E-state index in [2.05, 4.69) is 34.8 Å². The quantitative estimate of drug-likeness (QED) is 0.815. The number of hydrogen-bond acceptors (Lipinski definition) is 1. The van der Waals surface area contributed by atoms with Crippen molar-refractivity contribution < 1.29 is 0 Å². The highest BCUT2D eigenvalue weighted by atomic mass is 14.7. The second-order valence-corrected chi connectivity index (χ2v) is 4.32. The number of benzene rings is 1. The van der Waals surface area contributed by atoms with Crippen LogP contribution < -0.4 is 0 Å².